The molecular formula is C11H12BrNO. The molecule has 0 saturated heterocycles. The summed E-state index contributed by atoms with van der Waals surface area (Å²) < 4.78 is 1.08. The van der Waals surface area contributed by atoms with Crippen LogP contribution in [0.3, 0.4) is 0 Å². The number of carbonyl (C=O) groups excluding carboxylic acids is 1. The van der Waals surface area contributed by atoms with E-state index in [1.54, 1.807) is 7.05 Å². The molecule has 0 heterocycles. The van der Waals surface area contributed by atoms with Gasteiger partial charge in [-0.2, -0.15) is 0 Å². The van der Waals surface area contributed by atoms with Gasteiger partial charge < -0.3 is 5.32 Å². The summed E-state index contributed by atoms with van der Waals surface area (Å²) in [5.41, 5.74) is 1.26. The van der Waals surface area contributed by atoms with Crippen LogP contribution in [0.4, 0.5) is 0 Å². The zero-order valence-corrected chi connectivity index (χ0v) is 9.54. The zero-order valence-electron chi connectivity index (χ0n) is 7.96. The van der Waals surface area contributed by atoms with Crippen LogP contribution in [0, 0.1) is 5.92 Å². The maximum atomic E-state index is 11.3. The van der Waals surface area contributed by atoms with Gasteiger partial charge in [0, 0.05) is 17.4 Å². The molecule has 2 nitrogen and oxygen atoms in total. The first kappa shape index (κ1) is 9.71. The average Bonchev–Trinajstić information content (AvgIpc) is 2.96. The number of amides is 1. The van der Waals surface area contributed by atoms with Crippen molar-refractivity contribution >= 4 is 21.8 Å². The monoisotopic (exact) mass is 253 g/mol. The van der Waals surface area contributed by atoms with E-state index in [0.29, 0.717) is 5.92 Å². The van der Waals surface area contributed by atoms with E-state index in [1.807, 2.05) is 12.1 Å². The van der Waals surface area contributed by atoms with Gasteiger partial charge in [0.05, 0.1) is 0 Å². The lowest BCUT2D eigenvalue weighted by atomic mass is 10.1. The van der Waals surface area contributed by atoms with E-state index in [1.165, 1.54) is 5.56 Å². The van der Waals surface area contributed by atoms with Crippen molar-refractivity contribution in [3.05, 3.63) is 34.3 Å². The molecular weight excluding hydrogens is 242 g/mol. The van der Waals surface area contributed by atoms with E-state index in [9.17, 15) is 4.79 Å². The standard InChI is InChI=1S/C11H12BrNO/c1-13-11(14)10-6-9(10)7-3-2-4-8(12)5-7/h2-5,9-10H,6H2,1H3,(H,13,14)/t9-,10+/m1/s1. The normalized spacial score (nSPS) is 24.4. The quantitative estimate of drug-likeness (QED) is 0.862. The lowest BCUT2D eigenvalue weighted by molar-refractivity contribution is -0.121. The summed E-state index contributed by atoms with van der Waals surface area (Å²) in [4.78, 5) is 11.3. The fourth-order valence-electron chi connectivity index (χ4n) is 1.78. The van der Waals surface area contributed by atoms with Crippen LogP contribution in [0.15, 0.2) is 28.7 Å². The van der Waals surface area contributed by atoms with Crippen LogP contribution < -0.4 is 5.32 Å². The van der Waals surface area contributed by atoms with Gasteiger partial charge in [-0.1, -0.05) is 28.1 Å². The maximum Gasteiger partial charge on any atom is 0.223 e. The van der Waals surface area contributed by atoms with Crippen molar-refractivity contribution in [3.8, 4) is 0 Å². The molecule has 2 rings (SSSR count). The second-order valence-electron chi connectivity index (χ2n) is 3.62. The predicted octanol–water partition coefficient (Wildman–Crippen LogP) is 2.30. The molecule has 1 saturated carbocycles. The van der Waals surface area contributed by atoms with Crippen LogP contribution in [0.5, 0.6) is 0 Å². The summed E-state index contributed by atoms with van der Waals surface area (Å²) in [5, 5.41) is 2.69. The first-order valence-electron chi connectivity index (χ1n) is 4.69. The van der Waals surface area contributed by atoms with Crippen molar-refractivity contribution in [1.29, 1.82) is 0 Å². The minimum atomic E-state index is 0.162. The van der Waals surface area contributed by atoms with Crippen molar-refractivity contribution in [2.24, 2.45) is 5.92 Å². The molecule has 0 radical (unpaired) electrons. The molecule has 0 unspecified atom stereocenters. The number of benzene rings is 1. The van der Waals surface area contributed by atoms with E-state index in [0.717, 1.165) is 10.9 Å². The molecule has 0 spiro atoms. The zero-order chi connectivity index (χ0) is 10.1. The molecule has 1 aromatic carbocycles. The topological polar surface area (TPSA) is 29.1 Å². The van der Waals surface area contributed by atoms with Crippen molar-refractivity contribution in [2.75, 3.05) is 7.05 Å². The number of hydrogen-bond donors (Lipinski definition) is 1. The molecule has 14 heavy (non-hydrogen) atoms. The molecule has 1 fully saturated rings. The first-order valence-corrected chi connectivity index (χ1v) is 5.48. The van der Waals surface area contributed by atoms with E-state index >= 15 is 0 Å². The Morgan fingerprint density at radius 3 is 3.00 bits per heavy atom. The highest BCUT2D eigenvalue weighted by Crippen LogP contribution is 2.47. The third-order valence-corrected chi connectivity index (χ3v) is 3.14. The van der Waals surface area contributed by atoms with Gasteiger partial charge in [0.15, 0.2) is 0 Å². The Morgan fingerprint density at radius 1 is 1.57 bits per heavy atom. The Bertz CT molecular complexity index is 364. The fourth-order valence-corrected chi connectivity index (χ4v) is 2.19. The molecule has 1 aliphatic rings. The van der Waals surface area contributed by atoms with Gasteiger partial charge in [-0.25, -0.2) is 0 Å². The first-order chi connectivity index (χ1) is 6.72. The van der Waals surface area contributed by atoms with E-state index < -0.39 is 0 Å². The Hall–Kier alpha value is -0.830. The second kappa shape index (κ2) is 3.73. The Balaban J connectivity index is 2.09. The Labute approximate surface area is 91.8 Å². The smallest absolute Gasteiger partial charge is 0.223 e. The van der Waals surface area contributed by atoms with Crippen LogP contribution in [0.1, 0.15) is 17.9 Å². The van der Waals surface area contributed by atoms with Gasteiger partial charge in [-0.3, -0.25) is 4.79 Å². The van der Waals surface area contributed by atoms with Crippen LogP contribution in [0.2, 0.25) is 0 Å². The van der Waals surface area contributed by atoms with Crippen LogP contribution in [0.25, 0.3) is 0 Å². The average molecular weight is 254 g/mol. The largest absolute Gasteiger partial charge is 0.359 e. The van der Waals surface area contributed by atoms with E-state index in [4.69, 9.17) is 0 Å². The minimum Gasteiger partial charge on any atom is -0.359 e. The number of nitrogens with one attached hydrogen (secondary N) is 1. The van der Waals surface area contributed by atoms with Crippen LogP contribution in [-0.2, 0) is 4.79 Å². The van der Waals surface area contributed by atoms with Gasteiger partial charge in [-0.05, 0) is 30.0 Å². The SMILES string of the molecule is CNC(=O)[C@H]1C[C@@H]1c1cccc(Br)c1. The van der Waals surface area contributed by atoms with Gasteiger partial charge in [0.2, 0.25) is 5.91 Å². The maximum absolute atomic E-state index is 11.3. The molecule has 3 heteroatoms. The lowest BCUT2D eigenvalue weighted by Crippen LogP contribution is -2.20. The fraction of sp³-hybridized carbons (Fsp3) is 0.364. The van der Waals surface area contributed by atoms with E-state index in [2.05, 4.69) is 33.4 Å². The molecule has 74 valence electrons. The molecule has 1 amide bonds. The second-order valence-corrected chi connectivity index (χ2v) is 4.53. The van der Waals surface area contributed by atoms with Crippen LogP contribution >= 0.6 is 15.9 Å². The van der Waals surface area contributed by atoms with Gasteiger partial charge in [0.25, 0.3) is 0 Å². The third kappa shape index (κ3) is 1.82. The van der Waals surface area contributed by atoms with E-state index in [-0.39, 0.29) is 11.8 Å². The molecule has 2 atom stereocenters. The van der Waals surface area contributed by atoms with Crippen molar-refractivity contribution in [1.82, 2.24) is 5.32 Å². The summed E-state index contributed by atoms with van der Waals surface area (Å²) in [7, 11) is 1.69. The predicted molar refractivity (Wildman–Crippen MR) is 59.1 cm³/mol. The summed E-state index contributed by atoms with van der Waals surface area (Å²) in [6, 6.07) is 8.19. The lowest BCUT2D eigenvalue weighted by Gasteiger charge is -2.00. The van der Waals surface area contributed by atoms with Crippen LogP contribution in [-0.4, -0.2) is 13.0 Å². The van der Waals surface area contributed by atoms with Crippen molar-refractivity contribution in [3.63, 3.8) is 0 Å². The highest BCUT2D eigenvalue weighted by Gasteiger charge is 2.43. The van der Waals surface area contributed by atoms with Gasteiger partial charge in [0.1, 0.15) is 0 Å². The number of rotatable bonds is 2. The summed E-state index contributed by atoms with van der Waals surface area (Å²) in [5.74, 6) is 0.775. The summed E-state index contributed by atoms with van der Waals surface area (Å²) in [6.07, 6.45) is 0.982. The highest BCUT2D eigenvalue weighted by molar-refractivity contribution is 9.10. The van der Waals surface area contributed by atoms with Gasteiger partial charge in [-0.15, -0.1) is 0 Å². The molecule has 0 aromatic heterocycles. The summed E-state index contributed by atoms with van der Waals surface area (Å²) >= 11 is 3.43. The molecule has 0 bridgehead atoms. The highest BCUT2D eigenvalue weighted by atomic mass is 79.9. The Morgan fingerprint density at radius 2 is 2.36 bits per heavy atom. The third-order valence-electron chi connectivity index (χ3n) is 2.65. The minimum absolute atomic E-state index is 0.162. The van der Waals surface area contributed by atoms with Crippen molar-refractivity contribution < 1.29 is 4.79 Å². The molecule has 1 N–H and O–H groups in total. The summed E-state index contributed by atoms with van der Waals surface area (Å²) in [6.45, 7) is 0. The van der Waals surface area contributed by atoms with Crippen molar-refractivity contribution in [2.45, 2.75) is 12.3 Å². The van der Waals surface area contributed by atoms with Gasteiger partial charge >= 0.3 is 0 Å². The number of hydrogen-bond acceptors (Lipinski definition) is 1. The molecule has 1 aliphatic carbocycles. The number of halogens is 1. The molecule has 0 aliphatic heterocycles. The molecule has 1 aromatic rings. The number of carbonyl (C=O) groups is 1. The Kier molecular flexibility index (Phi) is 2.59.